The lowest BCUT2D eigenvalue weighted by Crippen LogP contribution is -2.00. The minimum absolute atomic E-state index is 0.508. The van der Waals surface area contributed by atoms with E-state index in [1.807, 2.05) is 48.0 Å². The van der Waals surface area contributed by atoms with Crippen molar-refractivity contribution in [1.82, 2.24) is 19.3 Å². The lowest BCUT2D eigenvalue weighted by molar-refractivity contribution is 0.718. The summed E-state index contributed by atoms with van der Waals surface area (Å²) >= 11 is 0. The molecule has 5 heteroatoms. The smallest absolute Gasteiger partial charge is 0.174 e. The maximum Gasteiger partial charge on any atom is 0.174 e. The van der Waals surface area contributed by atoms with Crippen LogP contribution in [-0.4, -0.2) is 19.3 Å². The van der Waals surface area contributed by atoms with Crippen molar-refractivity contribution in [3.8, 4) is 17.5 Å². The second kappa shape index (κ2) is 6.78. The number of hydrogen-bond acceptors (Lipinski definition) is 3. The molecule has 0 bridgehead atoms. The summed E-state index contributed by atoms with van der Waals surface area (Å²) in [6.07, 6.45) is 1.90. The number of hydrogen-bond donors (Lipinski definition) is 0. The Hall–Kier alpha value is -3.13. The lowest BCUT2D eigenvalue weighted by atomic mass is 10.1. The van der Waals surface area contributed by atoms with E-state index in [1.54, 1.807) is 0 Å². The van der Waals surface area contributed by atoms with Crippen LogP contribution < -0.4 is 0 Å². The number of nitriles is 1. The molecule has 1 aromatic carbocycles. The van der Waals surface area contributed by atoms with Crippen molar-refractivity contribution < 1.29 is 0 Å². The summed E-state index contributed by atoms with van der Waals surface area (Å²) in [7, 11) is 1.89. The van der Waals surface area contributed by atoms with Gasteiger partial charge < -0.3 is 9.13 Å². The van der Waals surface area contributed by atoms with Gasteiger partial charge in [-0.05, 0) is 38.5 Å². The Kier molecular flexibility index (Phi) is 4.53. The third-order valence-electron chi connectivity index (χ3n) is 4.50. The fourth-order valence-electron chi connectivity index (χ4n) is 3.17. The normalized spacial score (nSPS) is 11.6. The van der Waals surface area contributed by atoms with Crippen LogP contribution in [0, 0.1) is 25.2 Å². The van der Waals surface area contributed by atoms with Crippen molar-refractivity contribution in [2.45, 2.75) is 27.3 Å². The zero-order valence-electron chi connectivity index (χ0n) is 15.0. The molecule has 0 amide bonds. The lowest BCUT2D eigenvalue weighted by Gasteiger charge is -2.05. The van der Waals surface area contributed by atoms with Gasteiger partial charge in [0.2, 0.25) is 0 Å². The Morgan fingerprint density at radius 1 is 1.20 bits per heavy atom. The van der Waals surface area contributed by atoms with Crippen LogP contribution in [0.25, 0.3) is 23.0 Å². The third kappa shape index (κ3) is 2.99. The molecule has 3 rings (SSSR count). The Morgan fingerprint density at radius 2 is 1.92 bits per heavy atom. The zero-order chi connectivity index (χ0) is 18.0. The van der Waals surface area contributed by atoms with Crippen molar-refractivity contribution in [1.29, 1.82) is 5.26 Å². The van der Waals surface area contributed by atoms with Crippen LogP contribution in [0.4, 0.5) is 0 Å². The van der Waals surface area contributed by atoms with Crippen molar-refractivity contribution in [2.24, 2.45) is 7.05 Å². The van der Waals surface area contributed by atoms with Gasteiger partial charge in [-0.3, -0.25) is 0 Å². The van der Waals surface area contributed by atoms with Gasteiger partial charge in [-0.15, -0.1) is 10.2 Å². The van der Waals surface area contributed by atoms with Crippen molar-refractivity contribution in [3.63, 3.8) is 0 Å². The highest BCUT2D eigenvalue weighted by Gasteiger charge is 2.15. The molecule has 0 aliphatic carbocycles. The number of benzene rings is 1. The molecule has 0 aliphatic rings. The topological polar surface area (TPSA) is 59.4 Å². The minimum Gasteiger partial charge on any atom is -0.349 e. The number of nitrogens with zero attached hydrogens (tertiary/aromatic N) is 5. The molecule has 0 atom stereocenters. The van der Waals surface area contributed by atoms with Gasteiger partial charge >= 0.3 is 0 Å². The van der Waals surface area contributed by atoms with E-state index in [4.69, 9.17) is 0 Å². The number of aryl methyl sites for hydroxylation is 1. The standard InChI is InChI=1S/C20H21N5/c1-5-25-14(2)11-17(15(25)3)12-18(13-21)20-23-22-19(24(20)4)16-9-7-6-8-10-16/h6-12H,5H2,1-4H3/b18-12-. The average Bonchev–Trinajstić information content (AvgIpc) is 3.13. The van der Waals surface area contributed by atoms with Crippen molar-refractivity contribution in [2.75, 3.05) is 0 Å². The molecule has 0 radical (unpaired) electrons. The summed E-state index contributed by atoms with van der Waals surface area (Å²) in [5, 5.41) is 18.2. The van der Waals surface area contributed by atoms with Crippen LogP contribution in [0.15, 0.2) is 36.4 Å². The van der Waals surface area contributed by atoms with E-state index < -0.39 is 0 Å². The van der Waals surface area contributed by atoms with Crippen LogP contribution in [0.3, 0.4) is 0 Å². The third-order valence-corrected chi connectivity index (χ3v) is 4.50. The number of aromatic nitrogens is 4. The number of allylic oxidation sites excluding steroid dienone is 1. The number of rotatable bonds is 4. The molecule has 0 spiro atoms. The highest BCUT2D eigenvalue weighted by Crippen LogP contribution is 2.24. The van der Waals surface area contributed by atoms with E-state index in [1.165, 1.54) is 5.69 Å². The van der Waals surface area contributed by atoms with E-state index in [0.717, 1.165) is 29.2 Å². The SMILES string of the molecule is CCn1c(C)cc(/C=C(/C#N)c2nnc(-c3ccccc3)n2C)c1C. The molecule has 126 valence electrons. The Balaban J connectivity index is 2.06. The summed E-state index contributed by atoms with van der Waals surface area (Å²) in [5.41, 5.74) is 4.86. The Bertz CT molecular complexity index is 968. The molecular weight excluding hydrogens is 310 g/mol. The zero-order valence-corrected chi connectivity index (χ0v) is 15.0. The molecule has 0 fully saturated rings. The average molecular weight is 331 g/mol. The Morgan fingerprint density at radius 3 is 2.52 bits per heavy atom. The van der Waals surface area contributed by atoms with Gasteiger partial charge in [0.1, 0.15) is 6.07 Å². The molecule has 25 heavy (non-hydrogen) atoms. The summed E-state index contributed by atoms with van der Waals surface area (Å²) in [6.45, 7) is 7.18. The van der Waals surface area contributed by atoms with Gasteiger partial charge in [0, 0.05) is 30.5 Å². The van der Waals surface area contributed by atoms with Gasteiger partial charge in [0.25, 0.3) is 0 Å². The van der Waals surface area contributed by atoms with Crippen LogP contribution in [0.1, 0.15) is 29.7 Å². The fraction of sp³-hybridized carbons (Fsp3) is 0.250. The van der Waals surface area contributed by atoms with Crippen LogP contribution in [0.5, 0.6) is 0 Å². The second-order valence-corrected chi connectivity index (χ2v) is 6.01. The van der Waals surface area contributed by atoms with E-state index >= 15 is 0 Å². The van der Waals surface area contributed by atoms with Gasteiger partial charge in [-0.25, -0.2) is 0 Å². The maximum atomic E-state index is 9.66. The maximum absolute atomic E-state index is 9.66. The molecule has 5 nitrogen and oxygen atoms in total. The van der Waals surface area contributed by atoms with Crippen LogP contribution in [0.2, 0.25) is 0 Å². The summed E-state index contributed by atoms with van der Waals surface area (Å²) < 4.78 is 4.09. The predicted octanol–water partition coefficient (Wildman–Crippen LogP) is 3.98. The molecule has 2 aromatic heterocycles. The molecule has 2 heterocycles. The van der Waals surface area contributed by atoms with Crippen LogP contribution >= 0.6 is 0 Å². The van der Waals surface area contributed by atoms with Crippen molar-refractivity contribution >= 4 is 11.6 Å². The first-order valence-electron chi connectivity index (χ1n) is 8.30. The monoisotopic (exact) mass is 331 g/mol. The van der Waals surface area contributed by atoms with Gasteiger partial charge in [0.15, 0.2) is 11.6 Å². The molecule has 0 unspecified atom stereocenters. The first-order valence-corrected chi connectivity index (χ1v) is 8.30. The van der Waals surface area contributed by atoms with E-state index in [2.05, 4.69) is 47.7 Å². The second-order valence-electron chi connectivity index (χ2n) is 6.01. The highest BCUT2D eigenvalue weighted by molar-refractivity contribution is 5.88. The largest absolute Gasteiger partial charge is 0.349 e. The fourth-order valence-corrected chi connectivity index (χ4v) is 3.17. The summed E-state index contributed by atoms with van der Waals surface area (Å²) in [4.78, 5) is 0. The van der Waals surface area contributed by atoms with Gasteiger partial charge in [0.05, 0.1) is 5.57 Å². The summed E-state index contributed by atoms with van der Waals surface area (Å²) in [5.74, 6) is 1.32. The first-order chi connectivity index (χ1) is 12.1. The van der Waals surface area contributed by atoms with E-state index in [-0.39, 0.29) is 0 Å². The quantitative estimate of drug-likeness (QED) is 0.679. The molecule has 0 aliphatic heterocycles. The Labute approximate surface area is 147 Å². The molecule has 0 N–H and O–H groups in total. The molecular formula is C20H21N5. The minimum atomic E-state index is 0.508. The highest BCUT2D eigenvalue weighted by atomic mass is 15.3. The van der Waals surface area contributed by atoms with Crippen LogP contribution in [-0.2, 0) is 13.6 Å². The van der Waals surface area contributed by atoms with E-state index in [0.29, 0.717) is 11.4 Å². The molecule has 0 saturated heterocycles. The van der Waals surface area contributed by atoms with Gasteiger partial charge in [-0.1, -0.05) is 30.3 Å². The van der Waals surface area contributed by atoms with E-state index in [9.17, 15) is 5.26 Å². The summed E-state index contributed by atoms with van der Waals surface area (Å²) in [6, 6.07) is 14.2. The molecule has 0 saturated carbocycles. The van der Waals surface area contributed by atoms with Gasteiger partial charge in [-0.2, -0.15) is 5.26 Å². The molecule has 3 aromatic rings. The predicted molar refractivity (Wildman–Crippen MR) is 99.5 cm³/mol. The first kappa shape index (κ1) is 16.7. The van der Waals surface area contributed by atoms with Crippen molar-refractivity contribution in [3.05, 3.63) is 59.2 Å².